The smallest absolute Gasteiger partial charge is 0.181 e. The van der Waals surface area contributed by atoms with Gasteiger partial charge in [0.15, 0.2) is 46.7 Å². The van der Waals surface area contributed by atoms with Crippen LogP contribution in [0, 0.1) is 39.4 Å². The van der Waals surface area contributed by atoms with Gasteiger partial charge in [-0.3, -0.25) is 5.41 Å². The second-order valence-electron chi connectivity index (χ2n) is 11.6. The zero-order valence-electron chi connectivity index (χ0n) is 30.9. The van der Waals surface area contributed by atoms with E-state index < -0.39 is 0 Å². The largest absolute Gasteiger partial charge is 0.368 e. The number of likely N-dealkylation sites (N-methyl/N-ethyl adjacent to an activating group) is 4. The molecule has 2 N–H and O–H groups in total. The molecule has 0 radical (unpaired) electrons. The zero-order chi connectivity index (χ0) is 37.7. The molecule has 5 rings (SSSR count). The van der Waals surface area contributed by atoms with Crippen molar-refractivity contribution in [2.45, 2.75) is 55.4 Å². The Balaban J connectivity index is 1.94. The SMILES string of the molecule is CCN(CC)C1=C2N=C(N=C3N=C(N=C4N=C(N=C5N=C(N2)C(C#N)=C5N(CC)CC)C(C#N)=C4N(CC)CC)C(C#N)=C3N(CC)CC)C1=C=N. The van der Waals surface area contributed by atoms with Gasteiger partial charge >= 0.3 is 0 Å². The second-order valence-corrected chi connectivity index (χ2v) is 11.6. The molecule has 0 aliphatic carbocycles. The molecule has 5 aliphatic rings. The number of fused-ring (bicyclic) bond motifs is 4. The fourth-order valence-electron chi connectivity index (χ4n) is 6.59. The number of nitrogens with one attached hydrogen (secondary N) is 2. The summed E-state index contributed by atoms with van der Waals surface area (Å²) in [6.45, 7) is 20.2. The Morgan fingerprint density at radius 3 is 1.19 bits per heavy atom. The van der Waals surface area contributed by atoms with E-state index in [1.807, 2.05) is 75.0 Å². The average Bonchev–Trinajstić information content (AvgIpc) is 3.88. The lowest BCUT2D eigenvalue weighted by molar-refractivity contribution is 0.388. The molecule has 0 aromatic carbocycles. The Labute approximate surface area is 304 Å². The molecule has 0 saturated carbocycles. The van der Waals surface area contributed by atoms with E-state index in [0.29, 0.717) is 86.5 Å². The summed E-state index contributed by atoms with van der Waals surface area (Å²) in [5, 5.41) is 43.5. The van der Waals surface area contributed by atoms with Crippen molar-refractivity contribution < 1.29 is 0 Å². The maximum absolute atomic E-state index is 10.6. The quantitative estimate of drug-likeness (QED) is 0.288. The first kappa shape index (κ1) is 36.8. The van der Waals surface area contributed by atoms with Gasteiger partial charge in [-0.05, 0) is 61.3 Å². The molecule has 5 heterocycles. The summed E-state index contributed by atoms with van der Waals surface area (Å²) in [6.07, 6.45) is 0. The van der Waals surface area contributed by atoms with E-state index >= 15 is 0 Å². The van der Waals surface area contributed by atoms with Gasteiger partial charge in [-0.2, -0.15) is 15.8 Å². The molecule has 5 aliphatic heterocycles. The molecule has 52 heavy (non-hydrogen) atoms. The van der Waals surface area contributed by atoms with Crippen molar-refractivity contribution in [3.05, 3.63) is 50.9 Å². The minimum absolute atomic E-state index is 0.0781. The molecule has 16 heteroatoms. The fraction of sp³-hybridized carbons (Fsp3) is 0.444. The maximum Gasteiger partial charge on any atom is 0.181 e. The van der Waals surface area contributed by atoms with Gasteiger partial charge in [0, 0.05) is 52.4 Å². The normalized spacial score (nSPS) is 17.6. The van der Waals surface area contributed by atoms with E-state index in [-0.39, 0.29) is 57.6 Å². The summed E-state index contributed by atoms with van der Waals surface area (Å²) in [5.41, 5.74) is 2.87. The van der Waals surface area contributed by atoms with Crippen LogP contribution in [0.25, 0.3) is 0 Å². The van der Waals surface area contributed by atoms with E-state index in [0.717, 1.165) is 0 Å². The summed E-state index contributed by atoms with van der Waals surface area (Å²) in [7, 11) is 0. The molecule has 0 atom stereocenters. The molecule has 266 valence electrons. The first-order valence-electron chi connectivity index (χ1n) is 17.6. The molecule has 0 spiro atoms. The molecule has 8 bridgehead atoms. The topological polar surface area (TPSA) is 207 Å². The monoisotopic (exact) mass is 698 g/mol. The molecule has 0 saturated heterocycles. The van der Waals surface area contributed by atoms with E-state index in [1.54, 1.807) is 0 Å². The second kappa shape index (κ2) is 15.6. The van der Waals surface area contributed by atoms with E-state index in [2.05, 4.69) is 29.4 Å². The van der Waals surface area contributed by atoms with E-state index in [9.17, 15) is 15.8 Å². The average molecular weight is 699 g/mol. The lowest BCUT2D eigenvalue weighted by Crippen LogP contribution is -2.30. The lowest BCUT2D eigenvalue weighted by atomic mass is 10.1. The molecule has 0 unspecified atom stereocenters. The number of aliphatic imine (C=N–C) groups is 7. The number of hydrogen-bond acceptors (Lipinski definition) is 16. The molecule has 16 nitrogen and oxygen atoms in total. The third-order valence-electron chi connectivity index (χ3n) is 9.22. The summed E-state index contributed by atoms with van der Waals surface area (Å²) in [5.74, 6) is 3.92. The van der Waals surface area contributed by atoms with Crippen molar-refractivity contribution in [3.63, 3.8) is 0 Å². The van der Waals surface area contributed by atoms with Gasteiger partial charge in [0.2, 0.25) is 0 Å². The highest BCUT2D eigenvalue weighted by molar-refractivity contribution is 6.33. The van der Waals surface area contributed by atoms with Crippen molar-refractivity contribution in [1.82, 2.24) is 24.9 Å². The predicted octanol–water partition coefficient (Wildman–Crippen LogP) is 3.48. The Kier molecular flexibility index (Phi) is 11.1. The van der Waals surface area contributed by atoms with Crippen LogP contribution in [0.2, 0.25) is 0 Å². The Morgan fingerprint density at radius 2 is 0.808 bits per heavy atom. The summed E-state index contributed by atoms with van der Waals surface area (Å²) < 4.78 is 0. The van der Waals surface area contributed by atoms with Gasteiger partial charge in [0.1, 0.15) is 63.3 Å². The van der Waals surface area contributed by atoms with Crippen molar-refractivity contribution in [2.24, 2.45) is 34.9 Å². The van der Waals surface area contributed by atoms with Crippen molar-refractivity contribution in [1.29, 1.82) is 21.2 Å². The number of hydrogen-bond donors (Lipinski definition) is 2. The predicted molar refractivity (Wildman–Crippen MR) is 203 cm³/mol. The van der Waals surface area contributed by atoms with E-state index in [1.165, 1.54) is 0 Å². The standard InChI is InChI=1S/C36H42N16/c1-9-49(10-2)25-21(17-37)29-41-33(25)45-30-22(18-38)26(50(11-3)12-4)35(42-30)47-32-24(20-40)28(52(15-7)16-8)36(44-32)48-31-23(19-39)27(34(43-31)46-29)51(13-5)14-6/h37H,9-16H2,1-8H3,(H,41,42,43,44,45,46,47,48). The van der Waals surface area contributed by atoms with Gasteiger partial charge in [-0.25, -0.2) is 34.9 Å². The van der Waals surface area contributed by atoms with Crippen LogP contribution >= 0.6 is 0 Å². The minimum atomic E-state index is 0.0781. The van der Waals surface area contributed by atoms with Crippen LogP contribution in [-0.4, -0.2) is 119 Å². The van der Waals surface area contributed by atoms with Gasteiger partial charge < -0.3 is 24.9 Å². The Hall–Kier alpha value is -6.43. The third kappa shape index (κ3) is 6.12. The summed E-state index contributed by atoms with van der Waals surface area (Å²) in [4.78, 5) is 41.8. The van der Waals surface area contributed by atoms with Crippen molar-refractivity contribution in [2.75, 3.05) is 52.4 Å². The highest BCUT2D eigenvalue weighted by atomic mass is 15.3. The first-order valence-corrected chi connectivity index (χ1v) is 17.6. The first-order chi connectivity index (χ1) is 25.2. The third-order valence-corrected chi connectivity index (χ3v) is 9.22. The minimum Gasteiger partial charge on any atom is -0.368 e. The molecular weight excluding hydrogens is 657 g/mol. The van der Waals surface area contributed by atoms with Crippen LogP contribution in [-0.2, 0) is 0 Å². The van der Waals surface area contributed by atoms with Gasteiger partial charge in [-0.15, -0.1) is 0 Å². The molecule has 0 fully saturated rings. The van der Waals surface area contributed by atoms with Crippen molar-refractivity contribution in [3.8, 4) is 18.2 Å². The summed E-state index contributed by atoms with van der Waals surface area (Å²) in [6, 6.07) is 6.91. The fourth-order valence-corrected chi connectivity index (χ4v) is 6.59. The van der Waals surface area contributed by atoms with E-state index in [4.69, 9.17) is 40.4 Å². The van der Waals surface area contributed by atoms with Crippen LogP contribution < -0.4 is 5.32 Å². The number of rotatable bonds is 12. The number of nitriles is 3. The van der Waals surface area contributed by atoms with Crippen LogP contribution in [0.3, 0.4) is 0 Å². The van der Waals surface area contributed by atoms with Crippen LogP contribution in [0.1, 0.15) is 55.4 Å². The van der Waals surface area contributed by atoms with Crippen LogP contribution in [0.15, 0.2) is 85.8 Å². The van der Waals surface area contributed by atoms with Crippen molar-refractivity contribution >= 4 is 46.7 Å². The van der Waals surface area contributed by atoms with Crippen LogP contribution in [0.4, 0.5) is 0 Å². The van der Waals surface area contributed by atoms with Crippen LogP contribution in [0.5, 0.6) is 0 Å². The number of amidine groups is 7. The lowest BCUT2D eigenvalue weighted by Gasteiger charge is -2.24. The molecular formula is C36H42N16. The van der Waals surface area contributed by atoms with Gasteiger partial charge in [0.05, 0.1) is 0 Å². The Bertz CT molecular complexity index is 2080. The highest BCUT2D eigenvalue weighted by Gasteiger charge is 2.38. The highest BCUT2D eigenvalue weighted by Crippen LogP contribution is 2.32. The summed E-state index contributed by atoms with van der Waals surface area (Å²) >= 11 is 0. The maximum atomic E-state index is 10.6. The molecule has 0 amide bonds. The zero-order valence-corrected chi connectivity index (χ0v) is 30.9. The van der Waals surface area contributed by atoms with Gasteiger partial charge in [-0.1, -0.05) is 0 Å². The Morgan fingerprint density at radius 1 is 0.462 bits per heavy atom. The number of nitrogens with zero attached hydrogens (tertiary/aromatic N) is 14. The molecule has 0 aromatic rings. The molecule has 0 aromatic heterocycles. The van der Waals surface area contributed by atoms with Gasteiger partial charge in [0.25, 0.3) is 0 Å².